The molecule has 0 aromatic carbocycles. The predicted molar refractivity (Wildman–Crippen MR) is 80.3 cm³/mol. The first-order valence-corrected chi connectivity index (χ1v) is 7.93. The molecule has 17 heavy (non-hydrogen) atoms. The second kappa shape index (κ2) is 9.00. The lowest BCUT2D eigenvalue weighted by molar-refractivity contribution is 0.186. The minimum absolute atomic E-state index is 0.839. The van der Waals surface area contributed by atoms with Crippen LogP contribution in [0.2, 0.25) is 0 Å². The molecular formula is C17H36. The van der Waals surface area contributed by atoms with E-state index in [1.807, 2.05) is 0 Å². The molecule has 4 atom stereocenters. The van der Waals surface area contributed by atoms with E-state index in [0.29, 0.717) is 0 Å². The van der Waals surface area contributed by atoms with Crippen LogP contribution in [0, 0.1) is 29.6 Å². The maximum atomic E-state index is 2.47. The van der Waals surface area contributed by atoms with Gasteiger partial charge in [-0.1, -0.05) is 74.1 Å². The Balaban J connectivity index is 4.24. The Labute approximate surface area is 111 Å². The van der Waals surface area contributed by atoms with Crippen molar-refractivity contribution in [1.29, 1.82) is 0 Å². The summed E-state index contributed by atoms with van der Waals surface area (Å²) in [7, 11) is 0. The van der Waals surface area contributed by atoms with E-state index in [0.717, 1.165) is 29.6 Å². The molecule has 0 rings (SSSR count). The zero-order chi connectivity index (χ0) is 13.4. The molecule has 0 aromatic heterocycles. The van der Waals surface area contributed by atoms with Gasteiger partial charge in [-0.2, -0.15) is 0 Å². The molecule has 0 heterocycles. The molecule has 0 spiro atoms. The highest BCUT2D eigenvalue weighted by atomic mass is 14.3. The molecule has 0 heteroatoms. The van der Waals surface area contributed by atoms with Crippen LogP contribution < -0.4 is 0 Å². The molecule has 0 aliphatic rings. The van der Waals surface area contributed by atoms with Crippen LogP contribution in [0.4, 0.5) is 0 Å². The standard InChI is InChI=1S/C17H36/c1-8-10-11-15(6)16(7)12-17(13(3)4)14(5)9-2/h13-17H,8-12H2,1-7H3. The third-order valence-electron chi connectivity index (χ3n) is 4.86. The topological polar surface area (TPSA) is 0 Å². The average molecular weight is 240 g/mol. The van der Waals surface area contributed by atoms with E-state index in [9.17, 15) is 0 Å². The lowest BCUT2D eigenvalue weighted by Crippen LogP contribution is -2.22. The summed E-state index contributed by atoms with van der Waals surface area (Å²) in [5.41, 5.74) is 0. The molecule has 0 bridgehead atoms. The fourth-order valence-electron chi connectivity index (χ4n) is 2.94. The highest BCUT2D eigenvalue weighted by Gasteiger charge is 2.24. The van der Waals surface area contributed by atoms with Crippen molar-refractivity contribution >= 4 is 0 Å². The van der Waals surface area contributed by atoms with Crippen molar-refractivity contribution in [1.82, 2.24) is 0 Å². The van der Waals surface area contributed by atoms with Crippen LogP contribution in [0.25, 0.3) is 0 Å². The van der Waals surface area contributed by atoms with Crippen LogP contribution in [-0.2, 0) is 0 Å². The second-order valence-corrected chi connectivity index (χ2v) is 6.63. The summed E-state index contributed by atoms with van der Waals surface area (Å²) in [5, 5.41) is 0. The molecule has 0 aliphatic heterocycles. The van der Waals surface area contributed by atoms with Gasteiger partial charge in [0, 0.05) is 0 Å². The van der Waals surface area contributed by atoms with Gasteiger partial charge in [-0.25, -0.2) is 0 Å². The molecule has 0 aliphatic carbocycles. The first-order valence-electron chi connectivity index (χ1n) is 7.93. The first kappa shape index (κ1) is 17.0. The Morgan fingerprint density at radius 2 is 1.35 bits per heavy atom. The van der Waals surface area contributed by atoms with Crippen LogP contribution in [0.5, 0.6) is 0 Å². The molecule has 0 N–H and O–H groups in total. The minimum Gasteiger partial charge on any atom is -0.0654 e. The van der Waals surface area contributed by atoms with E-state index in [1.54, 1.807) is 0 Å². The van der Waals surface area contributed by atoms with E-state index in [4.69, 9.17) is 0 Å². The van der Waals surface area contributed by atoms with Crippen LogP contribution in [0.1, 0.15) is 80.6 Å². The quantitative estimate of drug-likeness (QED) is 0.453. The Morgan fingerprint density at radius 1 is 0.765 bits per heavy atom. The smallest absolute Gasteiger partial charge is 0.0363 e. The fourth-order valence-corrected chi connectivity index (χ4v) is 2.94. The normalized spacial score (nSPS) is 19.1. The van der Waals surface area contributed by atoms with E-state index in [-0.39, 0.29) is 0 Å². The molecule has 4 unspecified atom stereocenters. The Morgan fingerprint density at radius 3 is 1.76 bits per heavy atom. The van der Waals surface area contributed by atoms with Gasteiger partial charge in [-0.3, -0.25) is 0 Å². The minimum atomic E-state index is 0.839. The van der Waals surface area contributed by atoms with Crippen molar-refractivity contribution in [2.24, 2.45) is 29.6 Å². The molecule has 0 fully saturated rings. The van der Waals surface area contributed by atoms with Crippen LogP contribution >= 0.6 is 0 Å². The second-order valence-electron chi connectivity index (χ2n) is 6.63. The van der Waals surface area contributed by atoms with E-state index in [1.165, 1.54) is 32.1 Å². The lowest BCUT2D eigenvalue weighted by atomic mass is 9.74. The average Bonchev–Trinajstić information content (AvgIpc) is 2.31. The van der Waals surface area contributed by atoms with Crippen molar-refractivity contribution in [3.8, 4) is 0 Å². The number of hydrogen-bond acceptors (Lipinski definition) is 0. The summed E-state index contributed by atoms with van der Waals surface area (Å²) in [4.78, 5) is 0. The summed E-state index contributed by atoms with van der Waals surface area (Å²) in [6.07, 6.45) is 6.93. The summed E-state index contributed by atoms with van der Waals surface area (Å²) in [5.74, 6) is 4.43. The van der Waals surface area contributed by atoms with Gasteiger partial charge in [0.05, 0.1) is 0 Å². The SMILES string of the molecule is CCCCC(C)C(C)CC(C(C)C)C(C)CC. The first-order chi connectivity index (χ1) is 7.93. The van der Waals surface area contributed by atoms with Crippen molar-refractivity contribution in [2.45, 2.75) is 80.6 Å². The van der Waals surface area contributed by atoms with Crippen molar-refractivity contribution < 1.29 is 0 Å². The van der Waals surface area contributed by atoms with Gasteiger partial charge in [-0.05, 0) is 36.0 Å². The molecule has 104 valence electrons. The van der Waals surface area contributed by atoms with Gasteiger partial charge in [0.15, 0.2) is 0 Å². The number of rotatable bonds is 9. The maximum Gasteiger partial charge on any atom is -0.0363 e. The van der Waals surface area contributed by atoms with E-state index >= 15 is 0 Å². The summed E-state index contributed by atoms with van der Waals surface area (Å²) >= 11 is 0. The zero-order valence-electron chi connectivity index (χ0n) is 13.4. The van der Waals surface area contributed by atoms with Crippen LogP contribution in [0.3, 0.4) is 0 Å². The molecule has 0 saturated heterocycles. The predicted octanol–water partition coefficient (Wildman–Crippen LogP) is 6.16. The highest BCUT2D eigenvalue weighted by molar-refractivity contribution is 4.74. The van der Waals surface area contributed by atoms with Crippen LogP contribution in [0.15, 0.2) is 0 Å². The van der Waals surface area contributed by atoms with Gasteiger partial charge in [-0.15, -0.1) is 0 Å². The Hall–Kier alpha value is 0. The molecular weight excluding hydrogens is 204 g/mol. The van der Waals surface area contributed by atoms with Crippen molar-refractivity contribution in [2.75, 3.05) is 0 Å². The molecule has 0 radical (unpaired) electrons. The van der Waals surface area contributed by atoms with Gasteiger partial charge in [0.2, 0.25) is 0 Å². The van der Waals surface area contributed by atoms with Gasteiger partial charge in [0.1, 0.15) is 0 Å². The molecule has 0 saturated carbocycles. The Kier molecular flexibility index (Phi) is 9.00. The van der Waals surface area contributed by atoms with Gasteiger partial charge >= 0.3 is 0 Å². The zero-order valence-corrected chi connectivity index (χ0v) is 13.4. The fraction of sp³-hybridized carbons (Fsp3) is 1.00. The molecule has 0 amide bonds. The number of hydrogen-bond donors (Lipinski definition) is 0. The van der Waals surface area contributed by atoms with E-state index < -0.39 is 0 Å². The lowest BCUT2D eigenvalue weighted by Gasteiger charge is -2.31. The largest absolute Gasteiger partial charge is 0.0654 e. The third kappa shape index (κ3) is 6.48. The highest BCUT2D eigenvalue weighted by Crippen LogP contribution is 2.33. The summed E-state index contributed by atoms with van der Waals surface area (Å²) in [6.45, 7) is 16.8. The molecule has 0 nitrogen and oxygen atoms in total. The van der Waals surface area contributed by atoms with Gasteiger partial charge in [0.25, 0.3) is 0 Å². The Bertz CT molecular complexity index is 171. The third-order valence-corrected chi connectivity index (χ3v) is 4.86. The van der Waals surface area contributed by atoms with Crippen molar-refractivity contribution in [3.63, 3.8) is 0 Å². The van der Waals surface area contributed by atoms with Crippen LogP contribution in [-0.4, -0.2) is 0 Å². The van der Waals surface area contributed by atoms with Gasteiger partial charge < -0.3 is 0 Å². The maximum absolute atomic E-state index is 2.47. The summed E-state index contributed by atoms with van der Waals surface area (Å²) < 4.78 is 0. The monoisotopic (exact) mass is 240 g/mol. The number of unbranched alkanes of at least 4 members (excludes halogenated alkanes) is 1. The van der Waals surface area contributed by atoms with Crippen molar-refractivity contribution in [3.05, 3.63) is 0 Å². The van der Waals surface area contributed by atoms with E-state index in [2.05, 4.69) is 48.5 Å². The summed E-state index contributed by atoms with van der Waals surface area (Å²) in [6, 6.07) is 0. The molecule has 0 aromatic rings.